The molecule has 8 heteroatoms. The Bertz CT molecular complexity index is 1070. The van der Waals surface area contributed by atoms with Crippen molar-refractivity contribution in [3.05, 3.63) is 88.3 Å². The van der Waals surface area contributed by atoms with Crippen LogP contribution in [0.4, 0.5) is 10.5 Å². The summed E-state index contributed by atoms with van der Waals surface area (Å²) in [6.07, 6.45) is 3.33. The molecule has 0 spiro atoms. The van der Waals surface area contributed by atoms with Gasteiger partial charge in [0, 0.05) is 18.3 Å². The predicted octanol–water partition coefficient (Wildman–Crippen LogP) is 5.81. The van der Waals surface area contributed by atoms with Gasteiger partial charge in [-0.2, -0.15) is 0 Å². The van der Waals surface area contributed by atoms with Gasteiger partial charge in [-0.3, -0.25) is 4.79 Å². The molecule has 4 rings (SSSR count). The third-order valence-corrected chi connectivity index (χ3v) is 5.96. The summed E-state index contributed by atoms with van der Waals surface area (Å²) in [5.41, 5.74) is 1.53. The monoisotopic (exact) mass is 471 g/mol. The van der Waals surface area contributed by atoms with Crippen molar-refractivity contribution in [1.82, 2.24) is 9.80 Å². The van der Waals surface area contributed by atoms with E-state index in [9.17, 15) is 9.59 Å². The van der Waals surface area contributed by atoms with E-state index < -0.39 is 0 Å². The molecule has 3 amide bonds. The lowest BCUT2D eigenvalue weighted by atomic mass is 10.2. The van der Waals surface area contributed by atoms with Crippen LogP contribution >= 0.6 is 23.2 Å². The van der Waals surface area contributed by atoms with Crippen LogP contribution in [0.25, 0.3) is 0 Å². The first kappa shape index (κ1) is 22.2. The average Bonchev–Trinajstić information content (AvgIpc) is 3.50. The molecule has 0 atom stereocenters. The highest BCUT2D eigenvalue weighted by Crippen LogP contribution is 2.29. The van der Waals surface area contributed by atoms with Gasteiger partial charge in [-0.05, 0) is 48.7 Å². The molecule has 1 aliphatic carbocycles. The zero-order chi connectivity index (χ0) is 22.5. The molecule has 1 N–H and O–H groups in total. The van der Waals surface area contributed by atoms with Gasteiger partial charge in [0.25, 0.3) is 0 Å². The zero-order valence-electron chi connectivity index (χ0n) is 17.3. The van der Waals surface area contributed by atoms with Crippen LogP contribution in [-0.2, 0) is 17.9 Å². The van der Waals surface area contributed by atoms with Crippen LogP contribution < -0.4 is 5.32 Å². The molecule has 0 unspecified atom stereocenters. The topological polar surface area (TPSA) is 65.8 Å². The fraction of sp³-hybridized carbons (Fsp3) is 0.250. The van der Waals surface area contributed by atoms with Crippen molar-refractivity contribution in [2.45, 2.75) is 32.0 Å². The zero-order valence-corrected chi connectivity index (χ0v) is 18.9. The second-order valence-electron chi connectivity index (χ2n) is 7.73. The first-order valence-corrected chi connectivity index (χ1v) is 11.1. The number of hydrogen-bond acceptors (Lipinski definition) is 3. The van der Waals surface area contributed by atoms with E-state index in [2.05, 4.69) is 5.32 Å². The molecule has 0 saturated heterocycles. The van der Waals surface area contributed by atoms with Crippen LogP contribution in [0.2, 0.25) is 10.0 Å². The molecule has 1 aromatic heterocycles. The maximum Gasteiger partial charge on any atom is 0.322 e. The van der Waals surface area contributed by atoms with E-state index in [-0.39, 0.29) is 24.5 Å². The largest absolute Gasteiger partial charge is 0.467 e. The number of nitrogens with zero attached hydrogens (tertiary/aromatic N) is 2. The molecule has 0 radical (unpaired) electrons. The summed E-state index contributed by atoms with van der Waals surface area (Å²) in [6.45, 7) is 0.728. The van der Waals surface area contributed by atoms with Crippen molar-refractivity contribution < 1.29 is 14.0 Å². The van der Waals surface area contributed by atoms with Crippen LogP contribution in [0.15, 0.2) is 71.3 Å². The lowest BCUT2D eigenvalue weighted by Gasteiger charge is -2.27. The molecule has 0 bridgehead atoms. The third kappa shape index (κ3) is 5.84. The number of rotatable bonds is 8. The predicted molar refractivity (Wildman–Crippen MR) is 125 cm³/mol. The SMILES string of the molecule is O=C(CN(C(=O)Nc1ccc(Cl)c(Cl)c1)C1CC1)N(Cc1ccccc1)Cc1ccco1. The Morgan fingerprint density at radius 2 is 1.75 bits per heavy atom. The Labute approximate surface area is 196 Å². The first-order valence-electron chi connectivity index (χ1n) is 10.4. The molecule has 3 aromatic rings. The molecule has 2 aromatic carbocycles. The second-order valence-corrected chi connectivity index (χ2v) is 8.55. The Morgan fingerprint density at radius 1 is 0.969 bits per heavy atom. The highest BCUT2D eigenvalue weighted by molar-refractivity contribution is 6.42. The summed E-state index contributed by atoms with van der Waals surface area (Å²) in [6, 6.07) is 18.0. The molecule has 166 valence electrons. The first-order chi connectivity index (χ1) is 15.5. The van der Waals surface area contributed by atoms with Crippen LogP contribution in [-0.4, -0.2) is 34.3 Å². The molecule has 1 fully saturated rings. The van der Waals surface area contributed by atoms with E-state index in [0.717, 1.165) is 18.4 Å². The van der Waals surface area contributed by atoms with Gasteiger partial charge in [0.2, 0.25) is 5.91 Å². The van der Waals surface area contributed by atoms with E-state index in [0.29, 0.717) is 34.6 Å². The average molecular weight is 472 g/mol. The summed E-state index contributed by atoms with van der Waals surface area (Å²) in [5, 5.41) is 3.59. The van der Waals surface area contributed by atoms with Gasteiger partial charge in [-0.1, -0.05) is 53.5 Å². The number of carbonyl (C=O) groups excluding carboxylic acids is 2. The van der Waals surface area contributed by atoms with Crippen LogP contribution in [0, 0.1) is 0 Å². The number of furan rings is 1. The van der Waals surface area contributed by atoms with Gasteiger partial charge in [0.05, 0.1) is 22.9 Å². The molecule has 6 nitrogen and oxygen atoms in total. The number of hydrogen-bond donors (Lipinski definition) is 1. The number of anilines is 1. The van der Waals surface area contributed by atoms with Gasteiger partial charge in [0.15, 0.2) is 0 Å². The minimum absolute atomic E-state index is 0.0225. The van der Waals surface area contributed by atoms with Crippen molar-refractivity contribution in [2.75, 3.05) is 11.9 Å². The molecule has 1 aliphatic rings. The minimum atomic E-state index is -0.336. The third-order valence-electron chi connectivity index (χ3n) is 5.22. The van der Waals surface area contributed by atoms with Crippen molar-refractivity contribution in [2.24, 2.45) is 0 Å². The normalized spacial score (nSPS) is 12.9. The summed E-state index contributed by atoms with van der Waals surface area (Å²) in [7, 11) is 0. The van der Waals surface area contributed by atoms with Gasteiger partial charge < -0.3 is 19.5 Å². The van der Waals surface area contributed by atoms with Crippen LogP contribution in [0.5, 0.6) is 0 Å². The van der Waals surface area contributed by atoms with E-state index in [4.69, 9.17) is 27.6 Å². The number of carbonyl (C=O) groups is 2. The number of nitrogens with one attached hydrogen (secondary N) is 1. The standard InChI is InChI=1S/C24H23Cl2N3O3/c25-21-11-8-18(13-22(21)26)27-24(31)29(19-9-10-19)16-23(30)28(15-20-7-4-12-32-20)14-17-5-2-1-3-6-17/h1-8,11-13,19H,9-10,14-16H2,(H,27,31). The molecule has 0 aliphatic heterocycles. The maximum atomic E-state index is 13.3. The summed E-state index contributed by atoms with van der Waals surface area (Å²) >= 11 is 12.0. The van der Waals surface area contributed by atoms with E-state index in [1.807, 2.05) is 36.4 Å². The fourth-order valence-electron chi connectivity index (χ4n) is 3.39. The Hall–Kier alpha value is -2.96. The minimum Gasteiger partial charge on any atom is -0.467 e. The summed E-state index contributed by atoms with van der Waals surface area (Å²) in [4.78, 5) is 29.6. The lowest BCUT2D eigenvalue weighted by molar-refractivity contribution is -0.133. The molecule has 1 saturated carbocycles. The Kier molecular flexibility index (Phi) is 7.02. The smallest absolute Gasteiger partial charge is 0.322 e. The number of amides is 3. The number of urea groups is 1. The van der Waals surface area contributed by atoms with Gasteiger partial charge in [-0.15, -0.1) is 0 Å². The number of benzene rings is 2. The van der Waals surface area contributed by atoms with Crippen molar-refractivity contribution in [3.63, 3.8) is 0 Å². The van der Waals surface area contributed by atoms with Gasteiger partial charge in [-0.25, -0.2) is 4.79 Å². The summed E-state index contributed by atoms with van der Waals surface area (Å²) in [5.74, 6) is 0.536. The second kappa shape index (κ2) is 10.1. The lowest BCUT2D eigenvalue weighted by Crippen LogP contribution is -2.45. The molecular weight excluding hydrogens is 449 g/mol. The highest BCUT2D eigenvalue weighted by Gasteiger charge is 2.35. The maximum absolute atomic E-state index is 13.3. The van der Waals surface area contributed by atoms with Crippen LogP contribution in [0.3, 0.4) is 0 Å². The van der Waals surface area contributed by atoms with E-state index >= 15 is 0 Å². The fourth-order valence-corrected chi connectivity index (χ4v) is 3.69. The van der Waals surface area contributed by atoms with Crippen molar-refractivity contribution in [1.29, 1.82) is 0 Å². The summed E-state index contributed by atoms with van der Waals surface area (Å²) < 4.78 is 5.45. The number of halogens is 2. The molecular formula is C24H23Cl2N3O3. The molecule has 1 heterocycles. The van der Waals surface area contributed by atoms with Gasteiger partial charge in [0.1, 0.15) is 12.3 Å². The van der Waals surface area contributed by atoms with Gasteiger partial charge >= 0.3 is 6.03 Å². The van der Waals surface area contributed by atoms with E-state index in [1.54, 1.807) is 40.3 Å². The van der Waals surface area contributed by atoms with Crippen LogP contribution in [0.1, 0.15) is 24.2 Å². The Morgan fingerprint density at radius 3 is 2.41 bits per heavy atom. The molecule has 32 heavy (non-hydrogen) atoms. The Balaban J connectivity index is 1.47. The van der Waals surface area contributed by atoms with E-state index in [1.165, 1.54) is 0 Å². The highest BCUT2D eigenvalue weighted by atomic mass is 35.5. The quantitative estimate of drug-likeness (QED) is 0.450. The van der Waals surface area contributed by atoms with Crippen molar-refractivity contribution >= 4 is 40.8 Å². The van der Waals surface area contributed by atoms with Crippen molar-refractivity contribution in [3.8, 4) is 0 Å².